The third-order valence-electron chi connectivity index (χ3n) is 3.24. The minimum absolute atomic E-state index is 0.0127. The molecule has 0 fully saturated rings. The first-order chi connectivity index (χ1) is 11.3. The number of pyridine rings is 1. The van der Waals surface area contributed by atoms with E-state index < -0.39 is 11.7 Å². The smallest absolute Gasteiger partial charge is 0.417 e. The van der Waals surface area contributed by atoms with Gasteiger partial charge in [-0.05, 0) is 74.6 Å². The monoisotopic (exact) mass is 480 g/mol. The molecule has 3 nitrogen and oxygen atoms in total. The number of fused-ring (bicyclic) bond motifs is 1. The van der Waals surface area contributed by atoms with Crippen LogP contribution < -0.4 is 4.74 Å². The average Bonchev–Trinajstić information content (AvgIpc) is 2.89. The molecule has 2 aromatic heterocycles. The summed E-state index contributed by atoms with van der Waals surface area (Å²) in [5, 5.41) is -0.0127. The Kier molecular flexibility index (Phi) is 4.85. The summed E-state index contributed by atoms with van der Waals surface area (Å²) in [6, 6.07) is 6.11. The molecule has 126 valence electrons. The molecule has 0 amide bonds. The first-order valence-electron chi connectivity index (χ1n) is 6.77. The van der Waals surface area contributed by atoms with Crippen LogP contribution in [0.15, 0.2) is 33.3 Å². The maximum Gasteiger partial charge on any atom is 0.417 e. The summed E-state index contributed by atoms with van der Waals surface area (Å²) in [5.74, 6) is 0.624. The lowest BCUT2D eigenvalue weighted by Gasteiger charge is -2.12. The molecule has 3 rings (SSSR count). The third-order valence-corrected chi connectivity index (χ3v) is 5.41. The SMILES string of the molecule is CCOc1ccc(-c2cc(C(F)(F)F)c3c(Br)nsc3n2)cc1Br. The molecule has 0 atom stereocenters. The van der Waals surface area contributed by atoms with E-state index in [4.69, 9.17) is 4.74 Å². The van der Waals surface area contributed by atoms with Crippen LogP contribution in [0.4, 0.5) is 13.2 Å². The maximum atomic E-state index is 13.4. The predicted molar refractivity (Wildman–Crippen MR) is 94.4 cm³/mol. The lowest BCUT2D eigenvalue weighted by molar-refractivity contribution is -0.136. The van der Waals surface area contributed by atoms with Crippen molar-refractivity contribution in [1.82, 2.24) is 9.36 Å². The van der Waals surface area contributed by atoms with Crippen LogP contribution in [-0.2, 0) is 6.18 Å². The molecule has 0 unspecified atom stereocenters. The van der Waals surface area contributed by atoms with E-state index in [0.29, 0.717) is 22.4 Å². The van der Waals surface area contributed by atoms with E-state index in [2.05, 4.69) is 41.2 Å². The number of rotatable bonds is 3. The molecule has 0 aliphatic heterocycles. The molecule has 0 N–H and O–H groups in total. The predicted octanol–water partition coefficient (Wildman–Crippen LogP) is 6.30. The lowest BCUT2D eigenvalue weighted by Crippen LogP contribution is -2.06. The molecule has 0 saturated heterocycles. The third kappa shape index (κ3) is 3.29. The van der Waals surface area contributed by atoms with Crippen LogP contribution in [0.1, 0.15) is 12.5 Å². The van der Waals surface area contributed by atoms with Crippen LogP contribution >= 0.6 is 43.4 Å². The number of hydrogen-bond donors (Lipinski definition) is 0. The summed E-state index contributed by atoms with van der Waals surface area (Å²) < 4.78 is 50.4. The fourth-order valence-electron chi connectivity index (χ4n) is 2.22. The van der Waals surface area contributed by atoms with Crippen molar-refractivity contribution in [2.24, 2.45) is 0 Å². The second kappa shape index (κ2) is 6.61. The van der Waals surface area contributed by atoms with Gasteiger partial charge < -0.3 is 4.74 Å². The van der Waals surface area contributed by atoms with E-state index in [9.17, 15) is 13.2 Å². The Labute approximate surface area is 156 Å². The zero-order chi connectivity index (χ0) is 17.5. The maximum absolute atomic E-state index is 13.4. The normalized spacial score (nSPS) is 11.9. The van der Waals surface area contributed by atoms with Crippen molar-refractivity contribution in [3.63, 3.8) is 0 Å². The Balaban J connectivity index is 2.19. The zero-order valence-corrected chi connectivity index (χ0v) is 16.1. The number of halogens is 5. The van der Waals surface area contributed by atoms with Gasteiger partial charge in [0.15, 0.2) is 0 Å². The highest BCUT2D eigenvalue weighted by Gasteiger charge is 2.35. The summed E-state index contributed by atoms with van der Waals surface area (Å²) in [4.78, 5) is 4.55. The summed E-state index contributed by atoms with van der Waals surface area (Å²) in [5.41, 5.74) is 0.0325. The quantitative estimate of drug-likeness (QED) is 0.440. The van der Waals surface area contributed by atoms with Crippen LogP contribution in [0.25, 0.3) is 21.5 Å². The van der Waals surface area contributed by atoms with Crippen LogP contribution in [0, 0.1) is 0 Å². The van der Waals surface area contributed by atoms with Crippen LogP contribution in [0.3, 0.4) is 0 Å². The molecule has 0 bridgehead atoms. The van der Waals surface area contributed by atoms with E-state index in [1.165, 1.54) is 0 Å². The number of benzene rings is 1. The molecule has 0 spiro atoms. The van der Waals surface area contributed by atoms with Gasteiger partial charge in [0.2, 0.25) is 0 Å². The van der Waals surface area contributed by atoms with Gasteiger partial charge in [-0.25, -0.2) is 4.98 Å². The summed E-state index contributed by atoms with van der Waals surface area (Å²) in [6.07, 6.45) is -4.50. The molecule has 9 heteroatoms. The van der Waals surface area contributed by atoms with Crippen LogP contribution in [0.2, 0.25) is 0 Å². The number of nitrogens with zero attached hydrogens (tertiary/aromatic N) is 2. The van der Waals surface area contributed by atoms with E-state index in [-0.39, 0.29) is 20.5 Å². The van der Waals surface area contributed by atoms with E-state index in [1.807, 2.05) is 6.92 Å². The molecule has 0 radical (unpaired) electrons. The highest BCUT2D eigenvalue weighted by atomic mass is 79.9. The van der Waals surface area contributed by atoms with E-state index in [0.717, 1.165) is 17.6 Å². The molecular weight excluding hydrogens is 473 g/mol. The van der Waals surface area contributed by atoms with Gasteiger partial charge in [-0.2, -0.15) is 17.5 Å². The van der Waals surface area contributed by atoms with Crippen molar-refractivity contribution in [3.05, 3.63) is 38.9 Å². The summed E-state index contributed by atoms with van der Waals surface area (Å²) in [7, 11) is 0. The van der Waals surface area contributed by atoms with Gasteiger partial charge in [-0.1, -0.05) is 0 Å². The van der Waals surface area contributed by atoms with Gasteiger partial charge in [-0.15, -0.1) is 0 Å². The van der Waals surface area contributed by atoms with Crippen molar-refractivity contribution in [3.8, 4) is 17.0 Å². The fraction of sp³-hybridized carbons (Fsp3) is 0.200. The molecular formula is C15H9Br2F3N2OS. The van der Waals surface area contributed by atoms with Crippen LogP contribution in [-0.4, -0.2) is 16.0 Å². The highest BCUT2D eigenvalue weighted by molar-refractivity contribution is 9.11. The first kappa shape index (κ1) is 17.6. The second-order valence-electron chi connectivity index (χ2n) is 4.78. The van der Waals surface area contributed by atoms with Crippen molar-refractivity contribution in [2.45, 2.75) is 13.1 Å². The Hall–Kier alpha value is -1.19. The van der Waals surface area contributed by atoms with Gasteiger partial charge in [0, 0.05) is 5.56 Å². The molecule has 0 saturated carbocycles. The molecule has 0 aliphatic rings. The van der Waals surface area contributed by atoms with E-state index >= 15 is 0 Å². The summed E-state index contributed by atoms with van der Waals surface area (Å²) >= 11 is 7.35. The number of hydrogen-bond acceptors (Lipinski definition) is 4. The molecule has 1 aromatic carbocycles. The molecule has 3 aromatic rings. The lowest BCUT2D eigenvalue weighted by atomic mass is 10.1. The minimum Gasteiger partial charge on any atom is -0.493 e. The van der Waals surface area contributed by atoms with Gasteiger partial charge >= 0.3 is 6.18 Å². The summed E-state index contributed by atoms with van der Waals surface area (Å²) in [6.45, 7) is 2.35. The topological polar surface area (TPSA) is 35.0 Å². The Morgan fingerprint density at radius 3 is 2.58 bits per heavy atom. The Morgan fingerprint density at radius 1 is 1.21 bits per heavy atom. The van der Waals surface area contributed by atoms with Crippen molar-refractivity contribution in [1.29, 1.82) is 0 Å². The van der Waals surface area contributed by atoms with Gasteiger partial charge in [-0.3, -0.25) is 0 Å². The highest BCUT2D eigenvalue weighted by Crippen LogP contribution is 2.41. The van der Waals surface area contributed by atoms with Gasteiger partial charge in [0.05, 0.1) is 27.7 Å². The second-order valence-corrected chi connectivity index (χ2v) is 7.14. The Bertz CT molecular complexity index is 912. The largest absolute Gasteiger partial charge is 0.493 e. The van der Waals surface area contributed by atoms with Crippen molar-refractivity contribution in [2.75, 3.05) is 6.61 Å². The molecule has 2 heterocycles. The minimum atomic E-state index is -4.50. The average molecular weight is 482 g/mol. The van der Waals surface area contributed by atoms with Gasteiger partial charge in [0.25, 0.3) is 0 Å². The Morgan fingerprint density at radius 2 is 1.96 bits per heavy atom. The number of alkyl halides is 3. The van der Waals surface area contributed by atoms with Crippen LogP contribution in [0.5, 0.6) is 5.75 Å². The van der Waals surface area contributed by atoms with Crippen molar-refractivity contribution >= 4 is 53.6 Å². The van der Waals surface area contributed by atoms with E-state index in [1.54, 1.807) is 18.2 Å². The standard InChI is InChI=1S/C15H9Br2F3N2OS/c1-2-23-11-4-3-7(5-9(11)16)10-6-8(15(18,19)20)12-13(17)22-24-14(12)21-10/h3-6H,2H2,1H3. The molecule has 24 heavy (non-hydrogen) atoms. The van der Waals surface area contributed by atoms with Crippen molar-refractivity contribution < 1.29 is 17.9 Å². The number of ether oxygens (including phenoxy) is 1. The number of aromatic nitrogens is 2. The molecule has 0 aliphatic carbocycles. The zero-order valence-electron chi connectivity index (χ0n) is 12.1. The van der Waals surface area contributed by atoms with Gasteiger partial charge in [0.1, 0.15) is 15.2 Å². The first-order valence-corrected chi connectivity index (χ1v) is 9.13. The fourth-order valence-corrected chi connectivity index (χ4v) is 4.16.